The summed E-state index contributed by atoms with van der Waals surface area (Å²) < 4.78 is 7.61. The molecule has 1 N–H and O–H groups in total. The first kappa shape index (κ1) is 12.9. The van der Waals surface area contributed by atoms with Crippen molar-refractivity contribution in [2.45, 2.75) is 13.0 Å². The number of nitrogens with one attached hydrogen (secondary N) is 1. The van der Waals surface area contributed by atoms with Gasteiger partial charge in [0.05, 0.1) is 16.8 Å². The second-order valence-electron chi connectivity index (χ2n) is 3.86. The van der Waals surface area contributed by atoms with Crippen LogP contribution in [0.5, 0.6) is 0 Å². The normalized spacial score (nSPS) is 12.7. The average Bonchev–Trinajstić information content (AvgIpc) is 2.69. The summed E-state index contributed by atoms with van der Waals surface area (Å²) in [5.41, 5.74) is 2.44. The van der Waals surface area contributed by atoms with E-state index in [4.69, 9.17) is 4.42 Å². The van der Waals surface area contributed by atoms with E-state index in [-0.39, 0.29) is 6.04 Å². The van der Waals surface area contributed by atoms with Crippen LogP contribution in [-0.2, 0) is 0 Å². The molecule has 0 bridgehead atoms. The van der Waals surface area contributed by atoms with Gasteiger partial charge < -0.3 is 9.73 Å². The van der Waals surface area contributed by atoms with Gasteiger partial charge in [-0.25, -0.2) is 0 Å². The summed E-state index contributed by atoms with van der Waals surface area (Å²) in [6, 6.07) is 8.23. The maximum absolute atomic E-state index is 5.54. The van der Waals surface area contributed by atoms with Gasteiger partial charge in [0, 0.05) is 4.47 Å². The van der Waals surface area contributed by atoms with Crippen molar-refractivity contribution in [3.63, 3.8) is 0 Å². The molecule has 1 atom stereocenters. The van der Waals surface area contributed by atoms with E-state index in [1.54, 1.807) is 6.26 Å². The van der Waals surface area contributed by atoms with Crippen LogP contribution < -0.4 is 5.32 Å². The second kappa shape index (κ2) is 5.38. The molecule has 0 aliphatic rings. The third-order valence-corrected chi connectivity index (χ3v) is 3.89. The maximum atomic E-state index is 5.54. The van der Waals surface area contributed by atoms with Crippen LogP contribution in [0.15, 0.2) is 43.9 Å². The Balaban J connectivity index is 2.46. The Hall–Kier alpha value is -0.580. The number of halogens is 2. The Morgan fingerprint density at radius 2 is 2.00 bits per heavy atom. The van der Waals surface area contributed by atoms with Crippen LogP contribution in [0.3, 0.4) is 0 Å². The van der Waals surface area contributed by atoms with Gasteiger partial charge in [-0.05, 0) is 59.2 Å². The van der Waals surface area contributed by atoms with Gasteiger partial charge in [0.15, 0.2) is 0 Å². The van der Waals surface area contributed by atoms with Crippen LogP contribution in [0.2, 0.25) is 0 Å². The molecule has 0 aliphatic heterocycles. The molecule has 1 aromatic carbocycles. The van der Waals surface area contributed by atoms with Crippen LogP contribution in [0, 0.1) is 6.92 Å². The molecule has 90 valence electrons. The lowest BCUT2D eigenvalue weighted by atomic mass is 10.00. The molecule has 2 aromatic rings. The highest BCUT2D eigenvalue weighted by molar-refractivity contribution is 9.10. The molecule has 2 nitrogen and oxygen atoms in total. The van der Waals surface area contributed by atoms with Crippen molar-refractivity contribution in [2.75, 3.05) is 7.05 Å². The molecule has 2 rings (SSSR count). The zero-order chi connectivity index (χ0) is 12.4. The van der Waals surface area contributed by atoms with Gasteiger partial charge in [-0.1, -0.05) is 22.0 Å². The Morgan fingerprint density at radius 3 is 2.53 bits per heavy atom. The zero-order valence-corrected chi connectivity index (χ0v) is 12.8. The third-order valence-electron chi connectivity index (χ3n) is 2.74. The number of benzene rings is 1. The number of hydrogen-bond acceptors (Lipinski definition) is 2. The van der Waals surface area contributed by atoms with Gasteiger partial charge in [0.25, 0.3) is 0 Å². The second-order valence-corrected chi connectivity index (χ2v) is 5.63. The standard InChI is InChI=1S/C13H13Br2NO/c1-8-7-9(14)3-4-10(8)12(16-2)13-11(15)5-6-17-13/h3-7,12,16H,1-2H3. The van der Waals surface area contributed by atoms with E-state index in [1.165, 1.54) is 11.1 Å². The van der Waals surface area contributed by atoms with Gasteiger partial charge in [-0.2, -0.15) is 0 Å². The summed E-state index contributed by atoms with van der Waals surface area (Å²) in [5, 5.41) is 3.28. The van der Waals surface area contributed by atoms with Crippen molar-refractivity contribution in [3.8, 4) is 0 Å². The van der Waals surface area contributed by atoms with Crippen molar-refractivity contribution >= 4 is 31.9 Å². The summed E-state index contributed by atoms with van der Waals surface area (Å²) in [7, 11) is 1.93. The van der Waals surface area contributed by atoms with Crippen molar-refractivity contribution in [3.05, 3.63) is 56.4 Å². The molecule has 1 heterocycles. The molecule has 0 aliphatic carbocycles. The zero-order valence-electron chi connectivity index (χ0n) is 9.63. The molecular formula is C13H13Br2NO. The van der Waals surface area contributed by atoms with E-state index < -0.39 is 0 Å². The smallest absolute Gasteiger partial charge is 0.139 e. The van der Waals surface area contributed by atoms with Crippen molar-refractivity contribution < 1.29 is 4.42 Å². The van der Waals surface area contributed by atoms with E-state index in [9.17, 15) is 0 Å². The molecule has 1 unspecified atom stereocenters. The van der Waals surface area contributed by atoms with Gasteiger partial charge in [0.1, 0.15) is 5.76 Å². The van der Waals surface area contributed by atoms with Gasteiger partial charge in [-0.3, -0.25) is 0 Å². The highest BCUT2D eigenvalue weighted by Gasteiger charge is 2.19. The Morgan fingerprint density at radius 1 is 1.24 bits per heavy atom. The number of rotatable bonds is 3. The third kappa shape index (κ3) is 2.64. The van der Waals surface area contributed by atoms with Gasteiger partial charge in [-0.15, -0.1) is 0 Å². The van der Waals surface area contributed by atoms with E-state index in [1.807, 2.05) is 19.2 Å². The van der Waals surface area contributed by atoms with Crippen molar-refractivity contribution in [1.82, 2.24) is 5.32 Å². The quantitative estimate of drug-likeness (QED) is 0.878. The molecule has 0 saturated heterocycles. The Kier molecular flexibility index (Phi) is 4.07. The Labute approximate surface area is 118 Å². The van der Waals surface area contributed by atoms with E-state index in [0.29, 0.717) is 0 Å². The molecule has 0 fully saturated rings. The molecule has 1 aromatic heterocycles. The molecule has 0 amide bonds. The topological polar surface area (TPSA) is 25.2 Å². The molecule has 0 spiro atoms. The molecular weight excluding hydrogens is 346 g/mol. The van der Waals surface area contributed by atoms with Crippen molar-refractivity contribution in [1.29, 1.82) is 0 Å². The fourth-order valence-corrected chi connectivity index (χ4v) is 2.81. The lowest BCUT2D eigenvalue weighted by molar-refractivity contribution is 0.460. The first-order valence-electron chi connectivity index (χ1n) is 5.29. The average molecular weight is 359 g/mol. The van der Waals surface area contributed by atoms with Crippen LogP contribution in [0.4, 0.5) is 0 Å². The minimum Gasteiger partial charge on any atom is -0.466 e. The van der Waals surface area contributed by atoms with E-state index >= 15 is 0 Å². The van der Waals surface area contributed by atoms with Crippen molar-refractivity contribution in [2.24, 2.45) is 0 Å². The largest absolute Gasteiger partial charge is 0.466 e. The summed E-state index contributed by atoms with van der Waals surface area (Å²) in [5.74, 6) is 0.901. The summed E-state index contributed by atoms with van der Waals surface area (Å²) >= 11 is 6.98. The number of hydrogen-bond donors (Lipinski definition) is 1. The lowest BCUT2D eigenvalue weighted by Crippen LogP contribution is -2.18. The van der Waals surface area contributed by atoms with Gasteiger partial charge >= 0.3 is 0 Å². The van der Waals surface area contributed by atoms with Crippen LogP contribution in [0.25, 0.3) is 0 Å². The first-order chi connectivity index (χ1) is 8.13. The minimum absolute atomic E-state index is 0.0625. The van der Waals surface area contributed by atoms with Crippen LogP contribution in [-0.4, -0.2) is 7.05 Å². The summed E-state index contributed by atoms with van der Waals surface area (Å²) in [6.45, 7) is 2.10. The molecule has 4 heteroatoms. The van der Waals surface area contributed by atoms with Crippen LogP contribution >= 0.6 is 31.9 Å². The van der Waals surface area contributed by atoms with Crippen LogP contribution in [0.1, 0.15) is 22.9 Å². The lowest BCUT2D eigenvalue weighted by Gasteiger charge is -2.17. The molecule has 0 saturated carbocycles. The fourth-order valence-electron chi connectivity index (χ4n) is 1.90. The molecule has 0 radical (unpaired) electrons. The van der Waals surface area contributed by atoms with Gasteiger partial charge in [0.2, 0.25) is 0 Å². The minimum atomic E-state index is 0.0625. The maximum Gasteiger partial charge on any atom is 0.139 e. The molecule has 17 heavy (non-hydrogen) atoms. The van der Waals surface area contributed by atoms with E-state index in [0.717, 1.165) is 14.7 Å². The fraction of sp³-hybridized carbons (Fsp3) is 0.231. The number of furan rings is 1. The highest BCUT2D eigenvalue weighted by Crippen LogP contribution is 2.31. The Bertz CT molecular complexity index is 522. The SMILES string of the molecule is CNC(c1ccc(Br)cc1C)c1occc1Br. The first-order valence-corrected chi connectivity index (χ1v) is 6.88. The summed E-state index contributed by atoms with van der Waals surface area (Å²) in [6.07, 6.45) is 1.69. The summed E-state index contributed by atoms with van der Waals surface area (Å²) in [4.78, 5) is 0. The predicted octanol–water partition coefficient (Wildman–Crippen LogP) is 4.42. The van der Waals surface area contributed by atoms with E-state index in [2.05, 4.69) is 56.2 Å². The number of aryl methyl sites for hydroxylation is 1. The monoisotopic (exact) mass is 357 g/mol. The predicted molar refractivity (Wildman–Crippen MR) is 76.2 cm³/mol. The highest BCUT2D eigenvalue weighted by atomic mass is 79.9.